The van der Waals surface area contributed by atoms with E-state index in [1.807, 2.05) is 44.2 Å². The molecule has 1 aliphatic rings. The molecule has 0 saturated heterocycles. The maximum atomic E-state index is 12.0. The molecule has 3 nitrogen and oxygen atoms in total. The van der Waals surface area contributed by atoms with Crippen molar-refractivity contribution in [3.8, 4) is 0 Å². The first-order valence-corrected chi connectivity index (χ1v) is 7.06. The third-order valence-electron chi connectivity index (χ3n) is 3.02. The van der Waals surface area contributed by atoms with E-state index in [2.05, 4.69) is 27.6 Å². The van der Waals surface area contributed by atoms with Crippen molar-refractivity contribution in [2.45, 2.75) is 19.4 Å². The molecule has 0 aliphatic carbocycles. The van der Waals surface area contributed by atoms with Gasteiger partial charge in [-0.2, -0.15) is 0 Å². The fourth-order valence-corrected chi connectivity index (χ4v) is 3.10. The zero-order chi connectivity index (χ0) is 12.5. The molecule has 0 bridgehead atoms. The van der Waals surface area contributed by atoms with Crippen molar-refractivity contribution in [2.24, 2.45) is 10.9 Å². The maximum absolute atomic E-state index is 12.0. The lowest BCUT2D eigenvalue weighted by molar-refractivity contribution is -0.139. The number of aliphatic imine (C=N–C) groups is 1. The minimum absolute atomic E-state index is 0.133. The van der Waals surface area contributed by atoms with E-state index < -0.39 is 5.54 Å². The van der Waals surface area contributed by atoms with Gasteiger partial charge < -0.3 is 4.74 Å². The van der Waals surface area contributed by atoms with Gasteiger partial charge in [-0.3, -0.25) is 0 Å². The Bertz CT molecular complexity index is 456. The van der Waals surface area contributed by atoms with E-state index in [0.29, 0.717) is 10.3 Å². The summed E-state index contributed by atoms with van der Waals surface area (Å²) < 4.78 is 5.96. The third-order valence-corrected chi connectivity index (χ3v) is 4.19. The number of cyclic esters (lactones) is 1. The van der Waals surface area contributed by atoms with Crippen molar-refractivity contribution in [3.05, 3.63) is 35.9 Å². The lowest BCUT2D eigenvalue weighted by Crippen LogP contribution is -2.41. The molecule has 0 N–H and O–H groups in total. The Labute approximate surface area is 114 Å². The van der Waals surface area contributed by atoms with Crippen LogP contribution >= 0.6 is 22.6 Å². The van der Waals surface area contributed by atoms with Gasteiger partial charge in [0.2, 0.25) is 5.90 Å². The van der Waals surface area contributed by atoms with Crippen molar-refractivity contribution in [1.29, 1.82) is 0 Å². The number of ether oxygens (including phenoxy) is 1. The molecule has 1 aliphatic heterocycles. The minimum Gasteiger partial charge on any atom is -0.405 e. The van der Waals surface area contributed by atoms with Crippen LogP contribution in [0.15, 0.2) is 35.3 Å². The van der Waals surface area contributed by atoms with Gasteiger partial charge in [-0.25, -0.2) is 9.79 Å². The molecule has 0 saturated carbocycles. The van der Waals surface area contributed by atoms with Crippen LogP contribution in [0.4, 0.5) is 0 Å². The van der Waals surface area contributed by atoms with E-state index in [-0.39, 0.29) is 11.9 Å². The van der Waals surface area contributed by atoms with Gasteiger partial charge in [0, 0.05) is 9.99 Å². The number of nitrogens with zero attached hydrogens (tertiary/aromatic N) is 1. The predicted molar refractivity (Wildman–Crippen MR) is 75.5 cm³/mol. The van der Waals surface area contributed by atoms with Crippen molar-refractivity contribution < 1.29 is 9.53 Å². The Morgan fingerprint density at radius 3 is 2.47 bits per heavy atom. The van der Waals surface area contributed by atoms with Gasteiger partial charge in [0.05, 0.1) is 0 Å². The SMILES string of the molecule is CC(C)[C@]1(CI)N=C(c2ccccc2)OC1=O. The molecule has 17 heavy (non-hydrogen) atoms. The van der Waals surface area contributed by atoms with Crippen LogP contribution in [0.1, 0.15) is 19.4 Å². The monoisotopic (exact) mass is 343 g/mol. The third kappa shape index (κ3) is 2.10. The van der Waals surface area contributed by atoms with Crippen molar-refractivity contribution >= 4 is 34.5 Å². The molecular formula is C13H14INO2. The van der Waals surface area contributed by atoms with Crippen LogP contribution in [0.2, 0.25) is 0 Å². The lowest BCUT2D eigenvalue weighted by atomic mass is 9.90. The summed E-state index contributed by atoms with van der Waals surface area (Å²) in [6, 6.07) is 9.54. The van der Waals surface area contributed by atoms with E-state index in [1.54, 1.807) is 0 Å². The maximum Gasteiger partial charge on any atom is 0.341 e. The number of alkyl halides is 1. The van der Waals surface area contributed by atoms with E-state index in [4.69, 9.17) is 4.74 Å². The molecule has 0 unspecified atom stereocenters. The lowest BCUT2D eigenvalue weighted by Gasteiger charge is -2.23. The summed E-state index contributed by atoms with van der Waals surface area (Å²) in [5.41, 5.74) is 0.138. The largest absolute Gasteiger partial charge is 0.405 e. The molecule has 1 heterocycles. The van der Waals surface area contributed by atoms with Crippen molar-refractivity contribution in [2.75, 3.05) is 4.43 Å². The molecule has 90 valence electrons. The highest BCUT2D eigenvalue weighted by Crippen LogP contribution is 2.32. The van der Waals surface area contributed by atoms with Gasteiger partial charge >= 0.3 is 5.97 Å². The second kappa shape index (κ2) is 4.76. The molecule has 0 spiro atoms. The first kappa shape index (κ1) is 12.5. The van der Waals surface area contributed by atoms with Crippen LogP contribution < -0.4 is 0 Å². The van der Waals surface area contributed by atoms with E-state index in [9.17, 15) is 4.79 Å². The molecule has 1 aromatic rings. The fourth-order valence-electron chi connectivity index (χ4n) is 1.73. The molecule has 4 heteroatoms. The highest BCUT2D eigenvalue weighted by atomic mass is 127. The number of hydrogen-bond acceptors (Lipinski definition) is 3. The van der Waals surface area contributed by atoms with Crippen LogP contribution in [0.25, 0.3) is 0 Å². The Hall–Kier alpha value is -0.910. The number of rotatable bonds is 3. The standard InChI is InChI=1S/C13H14INO2/c1-9(2)13(8-14)12(16)17-11(15-13)10-6-4-3-5-7-10/h3-7,9H,8H2,1-2H3/t13-/m0/s1. The van der Waals surface area contributed by atoms with Crippen LogP contribution in [0.5, 0.6) is 0 Å². The van der Waals surface area contributed by atoms with Gasteiger partial charge in [0.15, 0.2) is 5.54 Å². The van der Waals surface area contributed by atoms with Gasteiger partial charge in [-0.15, -0.1) is 0 Å². The second-order valence-electron chi connectivity index (χ2n) is 4.39. The Morgan fingerprint density at radius 2 is 2.00 bits per heavy atom. The molecule has 1 aromatic carbocycles. The molecule has 0 aromatic heterocycles. The molecule has 1 atom stereocenters. The number of benzene rings is 1. The molecular weight excluding hydrogens is 329 g/mol. The smallest absolute Gasteiger partial charge is 0.341 e. The van der Waals surface area contributed by atoms with Crippen LogP contribution in [-0.4, -0.2) is 21.8 Å². The Balaban J connectivity index is 2.41. The van der Waals surface area contributed by atoms with Gasteiger partial charge in [0.1, 0.15) is 0 Å². The normalized spacial score (nSPS) is 23.8. The number of carbonyl (C=O) groups is 1. The minimum atomic E-state index is -0.717. The number of hydrogen-bond donors (Lipinski definition) is 0. The average Bonchev–Trinajstić information content (AvgIpc) is 2.69. The summed E-state index contributed by atoms with van der Waals surface area (Å²) >= 11 is 2.19. The number of halogens is 1. The molecule has 0 fully saturated rings. The number of carbonyl (C=O) groups excluding carboxylic acids is 1. The van der Waals surface area contributed by atoms with Crippen LogP contribution in [0.3, 0.4) is 0 Å². The van der Waals surface area contributed by atoms with Crippen molar-refractivity contribution in [1.82, 2.24) is 0 Å². The quantitative estimate of drug-likeness (QED) is 0.481. The second-order valence-corrected chi connectivity index (χ2v) is 5.15. The first-order chi connectivity index (χ1) is 8.10. The van der Waals surface area contributed by atoms with Gasteiger partial charge in [0.25, 0.3) is 0 Å². The first-order valence-electron chi connectivity index (χ1n) is 5.53. The van der Waals surface area contributed by atoms with E-state index in [0.717, 1.165) is 5.56 Å². The Kier molecular flexibility index (Phi) is 3.51. The average molecular weight is 343 g/mol. The summed E-state index contributed by atoms with van der Waals surface area (Å²) in [4.78, 5) is 16.5. The van der Waals surface area contributed by atoms with Crippen molar-refractivity contribution in [3.63, 3.8) is 0 Å². The van der Waals surface area contributed by atoms with E-state index >= 15 is 0 Å². The molecule has 0 amide bonds. The summed E-state index contributed by atoms with van der Waals surface area (Å²) in [6.45, 7) is 3.99. The summed E-state index contributed by atoms with van der Waals surface area (Å²) in [5.74, 6) is 0.342. The van der Waals surface area contributed by atoms with Gasteiger partial charge in [-0.05, 0) is 18.1 Å². The van der Waals surface area contributed by atoms with Crippen LogP contribution in [-0.2, 0) is 9.53 Å². The summed E-state index contributed by atoms with van der Waals surface area (Å²) in [6.07, 6.45) is 0. The Morgan fingerprint density at radius 1 is 1.35 bits per heavy atom. The topological polar surface area (TPSA) is 38.7 Å². The zero-order valence-electron chi connectivity index (χ0n) is 9.81. The number of esters is 1. The molecule has 2 rings (SSSR count). The highest BCUT2D eigenvalue weighted by Gasteiger charge is 2.47. The zero-order valence-corrected chi connectivity index (χ0v) is 12.0. The molecule has 0 radical (unpaired) electrons. The van der Waals surface area contributed by atoms with Gasteiger partial charge in [-0.1, -0.05) is 54.6 Å². The van der Waals surface area contributed by atoms with Crippen LogP contribution in [0, 0.1) is 5.92 Å². The highest BCUT2D eigenvalue weighted by molar-refractivity contribution is 14.1. The predicted octanol–water partition coefficient (Wildman–Crippen LogP) is 2.82. The summed E-state index contributed by atoms with van der Waals surface area (Å²) in [5, 5.41) is 0. The fraction of sp³-hybridized carbons (Fsp3) is 0.385. The summed E-state index contributed by atoms with van der Waals surface area (Å²) in [7, 11) is 0. The van der Waals surface area contributed by atoms with E-state index in [1.165, 1.54) is 0 Å².